The molecule has 1 amide bonds. The van der Waals surface area contributed by atoms with Gasteiger partial charge in [-0.15, -0.1) is 11.8 Å². The van der Waals surface area contributed by atoms with Crippen LogP contribution >= 0.6 is 11.8 Å². The van der Waals surface area contributed by atoms with Crippen LogP contribution in [0.1, 0.15) is 42.5 Å². The van der Waals surface area contributed by atoms with Crippen molar-refractivity contribution >= 4 is 23.4 Å². The van der Waals surface area contributed by atoms with Gasteiger partial charge in [0.25, 0.3) is 5.91 Å². The standard InChI is InChI=1S/C13H18N2OS/c14-12-10(13(15)16)7-4-8-11(12)17-9-5-2-1-3-6-9/h4,7-9H,1-3,5-6,14H2,(H2,15,16). The molecule has 92 valence electrons. The summed E-state index contributed by atoms with van der Waals surface area (Å²) in [5.41, 5.74) is 12.2. The van der Waals surface area contributed by atoms with Crippen molar-refractivity contribution in [3.8, 4) is 0 Å². The molecule has 17 heavy (non-hydrogen) atoms. The smallest absolute Gasteiger partial charge is 0.250 e. The molecule has 4 N–H and O–H groups in total. The van der Waals surface area contributed by atoms with E-state index in [4.69, 9.17) is 11.5 Å². The number of carbonyl (C=O) groups is 1. The number of primary amides is 1. The molecule has 1 aromatic rings. The number of thioether (sulfide) groups is 1. The molecule has 0 spiro atoms. The number of para-hydroxylation sites is 1. The molecule has 0 heterocycles. The van der Waals surface area contributed by atoms with Crippen molar-refractivity contribution in [2.45, 2.75) is 42.2 Å². The summed E-state index contributed by atoms with van der Waals surface area (Å²) in [6.07, 6.45) is 6.42. The van der Waals surface area contributed by atoms with E-state index in [9.17, 15) is 4.79 Å². The fraction of sp³-hybridized carbons (Fsp3) is 0.462. The van der Waals surface area contributed by atoms with Gasteiger partial charge in [0.05, 0.1) is 11.3 Å². The zero-order valence-electron chi connectivity index (χ0n) is 9.82. The Balaban J connectivity index is 2.15. The Hall–Kier alpha value is -1.16. The quantitative estimate of drug-likeness (QED) is 0.810. The topological polar surface area (TPSA) is 69.1 Å². The third-order valence-electron chi connectivity index (χ3n) is 3.18. The van der Waals surface area contributed by atoms with Gasteiger partial charge >= 0.3 is 0 Å². The first-order chi connectivity index (χ1) is 8.18. The number of amides is 1. The van der Waals surface area contributed by atoms with Gasteiger partial charge in [-0.1, -0.05) is 25.3 Å². The van der Waals surface area contributed by atoms with Crippen LogP contribution in [0, 0.1) is 0 Å². The molecule has 2 rings (SSSR count). The molecule has 1 fully saturated rings. The first-order valence-electron chi connectivity index (χ1n) is 6.03. The zero-order valence-corrected chi connectivity index (χ0v) is 10.6. The Morgan fingerprint density at radius 3 is 2.59 bits per heavy atom. The van der Waals surface area contributed by atoms with E-state index in [0.29, 0.717) is 16.5 Å². The number of nitrogen functional groups attached to an aromatic ring is 1. The molecule has 0 aliphatic heterocycles. The normalized spacial score (nSPS) is 16.9. The van der Waals surface area contributed by atoms with E-state index in [2.05, 4.69) is 0 Å². The summed E-state index contributed by atoms with van der Waals surface area (Å²) in [5.74, 6) is -0.450. The second kappa shape index (κ2) is 5.45. The van der Waals surface area contributed by atoms with Crippen molar-refractivity contribution in [3.05, 3.63) is 23.8 Å². The summed E-state index contributed by atoms with van der Waals surface area (Å²) in [7, 11) is 0. The molecular formula is C13H18N2OS. The summed E-state index contributed by atoms with van der Waals surface area (Å²) in [6, 6.07) is 5.51. The first kappa shape index (κ1) is 12.3. The van der Waals surface area contributed by atoms with Gasteiger partial charge in [-0.05, 0) is 25.0 Å². The summed E-state index contributed by atoms with van der Waals surface area (Å²) < 4.78 is 0. The minimum atomic E-state index is -0.450. The van der Waals surface area contributed by atoms with Crippen LogP contribution in [0.25, 0.3) is 0 Å². The molecule has 1 aliphatic rings. The zero-order chi connectivity index (χ0) is 12.3. The molecule has 0 unspecified atom stereocenters. The Morgan fingerprint density at radius 1 is 1.24 bits per heavy atom. The number of nitrogens with two attached hydrogens (primary N) is 2. The van der Waals surface area contributed by atoms with Crippen LogP contribution in [0.5, 0.6) is 0 Å². The van der Waals surface area contributed by atoms with Crippen molar-refractivity contribution in [3.63, 3.8) is 0 Å². The maximum Gasteiger partial charge on any atom is 0.250 e. The maximum atomic E-state index is 11.2. The van der Waals surface area contributed by atoms with Gasteiger partial charge in [0.15, 0.2) is 0 Å². The second-order valence-electron chi connectivity index (χ2n) is 4.46. The van der Waals surface area contributed by atoms with E-state index in [1.807, 2.05) is 12.1 Å². The number of rotatable bonds is 3. The third-order valence-corrected chi connectivity index (χ3v) is 4.59. The lowest BCUT2D eigenvalue weighted by Crippen LogP contribution is -2.14. The van der Waals surface area contributed by atoms with Crippen LogP contribution in [0.2, 0.25) is 0 Å². The van der Waals surface area contributed by atoms with E-state index in [0.717, 1.165) is 4.90 Å². The lowest BCUT2D eigenvalue weighted by Gasteiger charge is -2.21. The minimum absolute atomic E-state index is 0.436. The van der Waals surface area contributed by atoms with Crippen molar-refractivity contribution < 1.29 is 4.79 Å². The second-order valence-corrected chi connectivity index (χ2v) is 5.80. The number of anilines is 1. The molecule has 0 bridgehead atoms. The lowest BCUT2D eigenvalue weighted by atomic mass is 10.0. The lowest BCUT2D eigenvalue weighted by molar-refractivity contribution is 0.100. The Labute approximate surface area is 106 Å². The molecule has 1 saturated carbocycles. The largest absolute Gasteiger partial charge is 0.397 e. The Morgan fingerprint density at radius 2 is 1.94 bits per heavy atom. The number of hydrogen-bond donors (Lipinski definition) is 2. The fourth-order valence-corrected chi connectivity index (χ4v) is 3.55. The summed E-state index contributed by atoms with van der Waals surface area (Å²) in [4.78, 5) is 12.2. The summed E-state index contributed by atoms with van der Waals surface area (Å²) in [5, 5.41) is 0.633. The van der Waals surface area contributed by atoms with E-state index < -0.39 is 5.91 Å². The maximum absolute atomic E-state index is 11.2. The SMILES string of the molecule is NC(=O)c1cccc(SC2CCCCC2)c1N. The molecule has 0 radical (unpaired) electrons. The van der Waals surface area contributed by atoms with Crippen molar-refractivity contribution in [2.24, 2.45) is 5.73 Å². The fourth-order valence-electron chi connectivity index (χ4n) is 2.22. The van der Waals surface area contributed by atoms with E-state index in [-0.39, 0.29) is 0 Å². The van der Waals surface area contributed by atoms with E-state index in [1.54, 1.807) is 17.8 Å². The highest BCUT2D eigenvalue weighted by atomic mass is 32.2. The molecule has 0 aromatic heterocycles. The van der Waals surface area contributed by atoms with Gasteiger partial charge in [-0.25, -0.2) is 0 Å². The van der Waals surface area contributed by atoms with Gasteiger partial charge in [-0.3, -0.25) is 4.79 Å². The van der Waals surface area contributed by atoms with Crippen LogP contribution in [-0.2, 0) is 0 Å². The average Bonchev–Trinajstić information content (AvgIpc) is 2.33. The highest BCUT2D eigenvalue weighted by Gasteiger charge is 2.17. The summed E-state index contributed by atoms with van der Waals surface area (Å²) in [6.45, 7) is 0. The molecule has 3 nitrogen and oxygen atoms in total. The first-order valence-corrected chi connectivity index (χ1v) is 6.91. The average molecular weight is 250 g/mol. The third kappa shape index (κ3) is 2.94. The van der Waals surface area contributed by atoms with Gasteiger partial charge in [0, 0.05) is 10.1 Å². The molecule has 0 saturated heterocycles. The summed E-state index contributed by atoms with van der Waals surface area (Å²) >= 11 is 1.79. The highest BCUT2D eigenvalue weighted by Crippen LogP contribution is 2.37. The van der Waals surface area contributed by atoms with Gasteiger partial charge in [-0.2, -0.15) is 0 Å². The van der Waals surface area contributed by atoms with Crippen molar-refractivity contribution in [2.75, 3.05) is 5.73 Å². The minimum Gasteiger partial charge on any atom is -0.397 e. The molecule has 0 atom stereocenters. The van der Waals surface area contributed by atoms with Gasteiger partial charge in [0.1, 0.15) is 0 Å². The number of benzene rings is 1. The molecule has 4 heteroatoms. The monoisotopic (exact) mass is 250 g/mol. The van der Waals surface area contributed by atoms with Crippen LogP contribution in [0.15, 0.2) is 23.1 Å². The van der Waals surface area contributed by atoms with Crippen LogP contribution in [-0.4, -0.2) is 11.2 Å². The Kier molecular flexibility index (Phi) is 3.94. The van der Waals surface area contributed by atoms with Crippen molar-refractivity contribution in [1.29, 1.82) is 0 Å². The number of carbonyl (C=O) groups excluding carboxylic acids is 1. The van der Waals surface area contributed by atoms with Crippen molar-refractivity contribution in [1.82, 2.24) is 0 Å². The highest BCUT2D eigenvalue weighted by molar-refractivity contribution is 8.00. The van der Waals surface area contributed by atoms with E-state index in [1.165, 1.54) is 32.1 Å². The van der Waals surface area contributed by atoms with Gasteiger partial charge < -0.3 is 11.5 Å². The molecule has 1 aliphatic carbocycles. The predicted octanol–water partition coefficient (Wildman–Crippen LogP) is 2.79. The van der Waals surface area contributed by atoms with Crippen LogP contribution in [0.4, 0.5) is 5.69 Å². The predicted molar refractivity (Wildman–Crippen MR) is 72.1 cm³/mol. The molecular weight excluding hydrogens is 232 g/mol. The number of hydrogen-bond acceptors (Lipinski definition) is 3. The molecule has 1 aromatic carbocycles. The van der Waals surface area contributed by atoms with Crippen LogP contribution < -0.4 is 11.5 Å². The van der Waals surface area contributed by atoms with E-state index >= 15 is 0 Å². The van der Waals surface area contributed by atoms with Crippen LogP contribution in [0.3, 0.4) is 0 Å². The van der Waals surface area contributed by atoms with Gasteiger partial charge in [0.2, 0.25) is 0 Å². The Bertz CT molecular complexity index is 414.